The molecule has 5 heteroatoms. The fraction of sp³-hybridized carbons (Fsp3) is 0.412. The van der Waals surface area contributed by atoms with Crippen molar-refractivity contribution in [1.82, 2.24) is 0 Å². The minimum absolute atomic E-state index is 0.0878. The SMILES string of the molecule is O=C1[C@@H]2[C@H]3C=C[C@@H]([C@@H]4C[C@@H]34)[C@@H]2C(=O)N1c1cc(Cl)ccc1O. The Balaban J connectivity index is 1.62. The Hall–Kier alpha value is -1.81. The third-order valence-electron chi connectivity index (χ3n) is 5.84. The Labute approximate surface area is 132 Å². The largest absolute Gasteiger partial charge is 0.506 e. The molecule has 1 aliphatic heterocycles. The van der Waals surface area contributed by atoms with E-state index in [0.29, 0.717) is 16.9 Å². The summed E-state index contributed by atoms with van der Waals surface area (Å²) in [6.45, 7) is 0. The molecule has 112 valence electrons. The smallest absolute Gasteiger partial charge is 0.238 e. The number of benzene rings is 1. The minimum atomic E-state index is -0.260. The second kappa shape index (κ2) is 3.93. The van der Waals surface area contributed by atoms with Crippen LogP contribution in [-0.2, 0) is 9.59 Å². The first-order valence-electron chi connectivity index (χ1n) is 7.62. The maximum atomic E-state index is 12.9. The minimum Gasteiger partial charge on any atom is -0.506 e. The van der Waals surface area contributed by atoms with Gasteiger partial charge in [-0.25, -0.2) is 4.90 Å². The number of aromatic hydroxyl groups is 1. The van der Waals surface area contributed by atoms with Gasteiger partial charge in [0.15, 0.2) is 0 Å². The number of allylic oxidation sites excluding steroid dienone is 2. The third kappa shape index (κ3) is 1.39. The molecule has 1 saturated heterocycles. The highest BCUT2D eigenvalue weighted by Gasteiger charge is 2.67. The van der Waals surface area contributed by atoms with E-state index in [1.165, 1.54) is 12.1 Å². The lowest BCUT2D eigenvalue weighted by Gasteiger charge is -2.37. The molecule has 1 heterocycles. The predicted molar refractivity (Wildman–Crippen MR) is 80.3 cm³/mol. The van der Waals surface area contributed by atoms with Crippen molar-refractivity contribution in [2.45, 2.75) is 6.42 Å². The van der Waals surface area contributed by atoms with E-state index in [9.17, 15) is 14.7 Å². The first-order chi connectivity index (χ1) is 10.6. The average Bonchev–Trinajstić information content (AvgIpc) is 3.28. The summed E-state index contributed by atoms with van der Waals surface area (Å²) >= 11 is 5.97. The zero-order chi connectivity index (χ0) is 15.2. The average molecular weight is 316 g/mol. The van der Waals surface area contributed by atoms with Crippen LogP contribution >= 0.6 is 11.6 Å². The number of anilines is 1. The molecule has 0 aromatic heterocycles. The first-order valence-corrected chi connectivity index (χ1v) is 8.00. The van der Waals surface area contributed by atoms with Crippen molar-refractivity contribution in [2.24, 2.45) is 35.5 Å². The number of halogens is 1. The third-order valence-corrected chi connectivity index (χ3v) is 6.08. The van der Waals surface area contributed by atoms with Crippen molar-refractivity contribution in [1.29, 1.82) is 0 Å². The molecule has 4 nitrogen and oxygen atoms in total. The van der Waals surface area contributed by atoms with Gasteiger partial charge in [0.2, 0.25) is 11.8 Å². The van der Waals surface area contributed by atoms with Gasteiger partial charge in [-0.3, -0.25) is 9.59 Å². The molecule has 5 aliphatic rings. The molecule has 3 fully saturated rings. The van der Waals surface area contributed by atoms with Crippen LogP contribution in [0.1, 0.15) is 6.42 Å². The molecule has 4 aliphatic carbocycles. The number of carbonyl (C=O) groups excluding carboxylic acids is 2. The maximum absolute atomic E-state index is 12.9. The van der Waals surface area contributed by atoms with Crippen LogP contribution in [0.5, 0.6) is 5.75 Å². The summed E-state index contributed by atoms with van der Waals surface area (Å²) in [5, 5.41) is 10.4. The zero-order valence-electron chi connectivity index (χ0n) is 11.6. The van der Waals surface area contributed by atoms with Crippen molar-refractivity contribution < 1.29 is 14.7 Å². The maximum Gasteiger partial charge on any atom is 0.238 e. The molecule has 1 aromatic carbocycles. The topological polar surface area (TPSA) is 57.6 Å². The van der Waals surface area contributed by atoms with E-state index in [4.69, 9.17) is 11.6 Å². The van der Waals surface area contributed by atoms with Crippen LogP contribution in [0.25, 0.3) is 0 Å². The quantitative estimate of drug-likeness (QED) is 0.640. The van der Waals surface area contributed by atoms with Crippen LogP contribution < -0.4 is 4.90 Å². The molecule has 6 atom stereocenters. The first kappa shape index (κ1) is 12.7. The highest BCUT2D eigenvalue weighted by atomic mass is 35.5. The van der Waals surface area contributed by atoms with E-state index in [2.05, 4.69) is 12.2 Å². The van der Waals surface area contributed by atoms with Gasteiger partial charge in [-0.1, -0.05) is 23.8 Å². The van der Waals surface area contributed by atoms with E-state index in [1.807, 2.05) is 0 Å². The van der Waals surface area contributed by atoms with Gasteiger partial charge in [0.25, 0.3) is 0 Å². The van der Waals surface area contributed by atoms with Gasteiger partial charge in [-0.05, 0) is 48.3 Å². The summed E-state index contributed by atoms with van der Waals surface area (Å²) in [6.07, 6.45) is 5.40. The number of imide groups is 1. The number of nitrogens with zero attached hydrogens (tertiary/aromatic N) is 1. The van der Waals surface area contributed by atoms with Crippen LogP contribution in [0.2, 0.25) is 5.02 Å². The van der Waals surface area contributed by atoms with E-state index in [0.717, 1.165) is 11.3 Å². The van der Waals surface area contributed by atoms with Crippen LogP contribution in [0.15, 0.2) is 30.4 Å². The van der Waals surface area contributed by atoms with E-state index in [-0.39, 0.29) is 46.9 Å². The van der Waals surface area contributed by atoms with Crippen molar-refractivity contribution in [3.05, 3.63) is 35.4 Å². The zero-order valence-corrected chi connectivity index (χ0v) is 12.4. The van der Waals surface area contributed by atoms with Gasteiger partial charge in [-0.15, -0.1) is 0 Å². The van der Waals surface area contributed by atoms with Crippen LogP contribution in [0.4, 0.5) is 5.69 Å². The summed E-state index contributed by atoms with van der Waals surface area (Å²) in [7, 11) is 0. The predicted octanol–water partition coefficient (Wildman–Crippen LogP) is 2.60. The number of amides is 2. The van der Waals surface area contributed by atoms with Crippen molar-refractivity contribution in [2.75, 3.05) is 4.90 Å². The van der Waals surface area contributed by atoms with E-state index in [1.54, 1.807) is 6.07 Å². The Bertz CT molecular complexity index is 722. The highest BCUT2D eigenvalue weighted by molar-refractivity contribution is 6.31. The van der Waals surface area contributed by atoms with E-state index >= 15 is 0 Å². The Morgan fingerprint density at radius 2 is 1.64 bits per heavy atom. The molecule has 2 saturated carbocycles. The summed E-state index contributed by atoms with van der Waals surface area (Å²) < 4.78 is 0. The summed E-state index contributed by atoms with van der Waals surface area (Å²) in [6, 6.07) is 4.45. The number of phenols is 1. The lowest BCUT2D eigenvalue weighted by Crippen LogP contribution is -2.40. The molecule has 2 amide bonds. The highest BCUT2D eigenvalue weighted by Crippen LogP contribution is 2.65. The van der Waals surface area contributed by atoms with Crippen molar-refractivity contribution >= 4 is 29.1 Å². The van der Waals surface area contributed by atoms with Gasteiger partial charge >= 0.3 is 0 Å². The van der Waals surface area contributed by atoms with Crippen molar-refractivity contribution in [3.8, 4) is 5.75 Å². The number of carbonyl (C=O) groups is 2. The standard InChI is InChI=1S/C17H14ClNO3/c18-7-1-4-13(20)12(5-7)19-16(21)14-8-2-3-9(11-6-10(8)11)15(14)17(19)22/h1-5,8-11,14-15,20H,6H2/t8-,9-,10-,11-,14-,15+/m0/s1. The second-order valence-electron chi connectivity index (χ2n) is 6.80. The molecule has 6 rings (SSSR count). The molecule has 0 spiro atoms. The molecular formula is C17H14ClNO3. The molecule has 0 unspecified atom stereocenters. The summed E-state index contributed by atoms with van der Waals surface area (Å²) in [4.78, 5) is 26.9. The van der Waals surface area contributed by atoms with Crippen LogP contribution in [0, 0.1) is 35.5 Å². The Morgan fingerprint density at radius 3 is 2.23 bits per heavy atom. The molecule has 22 heavy (non-hydrogen) atoms. The monoisotopic (exact) mass is 315 g/mol. The molecular weight excluding hydrogens is 302 g/mol. The molecule has 2 bridgehead atoms. The number of hydrogen-bond donors (Lipinski definition) is 1. The Morgan fingerprint density at radius 1 is 1.05 bits per heavy atom. The van der Waals surface area contributed by atoms with Crippen molar-refractivity contribution in [3.63, 3.8) is 0 Å². The van der Waals surface area contributed by atoms with Gasteiger partial charge in [0, 0.05) is 5.02 Å². The molecule has 0 radical (unpaired) electrons. The van der Waals surface area contributed by atoms with Crippen LogP contribution in [0.3, 0.4) is 0 Å². The summed E-state index contributed by atoms with van der Waals surface area (Å²) in [5.74, 6) is 0.534. The lowest BCUT2D eigenvalue weighted by molar-refractivity contribution is -0.124. The fourth-order valence-corrected chi connectivity index (χ4v) is 5.04. The van der Waals surface area contributed by atoms with Gasteiger partial charge in [0.1, 0.15) is 5.75 Å². The van der Waals surface area contributed by atoms with Gasteiger partial charge in [-0.2, -0.15) is 0 Å². The van der Waals surface area contributed by atoms with Gasteiger partial charge < -0.3 is 5.11 Å². The lowest BCUT2D eigenvalue weighted by atomic mass is 9.63. The fourth-order valence-electron chi connectivity index (χ4n) is 4.87. The molecule has 1 N–H and O–H groups in total. The molecule has 1 aromatic rings. The number of hydrogen-bond acceptors (Lipinski definition) is 3. The van der Waals surface area contributed by atoms with Crippen LogP contribution in [-0.4, -0.2) is 16.9 Å². The van der Waals surface area contributed by atoms with E-state index < -0.39 is 0 Å². The number of phenolic OH excluding ortho intramolecular Hbond substituents is 1. The Kier molecular flexibility index (Phi) is 2.27. The second-order valence-corrected chi connectivity index (χ2v) is 7.24. The number of rotatable bonds is 1. The summed E-state index contributed by atoms with van der Waals surface area (Å²) in [5.41, 5.74) is 0.213. The van der Waals surface area contributed by atoms with Gasteiger partial charge in [0.05, 0.1) is 17.5 Å². The normalized spacial score (nSPS) is 40.9.